The van der Waals surface area contributed by atoms with Crippen molar-refractivity contribution in [1.29, 1.82) is 0 Å². The fourth-order valence-electron chi connectivity index (χ4n) is 3.18. The molecule has 1 aliphatic carbocycles. The average molecular weight is 358 g/mol. The zero-order valence-corrected chi connectivity index (χ0v) is 15.1. The first kappa shape index (κ1) is 18.8. The number of benzene rings is 1. The fraction of sp³-hybridized carbons (Fsp3) is 0.429. The Morgan fingerprint density at radius 3 is 2.92 bits per heavy atom. The summed E-state index contributed by atoms with van der Waals surface area (Å²) >= 11 is 0. The quantitative estimate of drug-likeness (QED) is 0.495. The molecule has 0 saturated heterocycles. The highest BCUT2D eigenvalue weighted by Gasteiger charge is 2.30. The lowest BCUT2D eigenvalue weighted by Crippen LogP contribution is -2.36. The molecular weight excluding hydrogens is 331 g/mol. The van der Waals surface area contributed by atoms with Crippen LogP contribution >= 0.6 is 0 Å². The first-order chi connectivity index (χ1) is 12.7. The Hall–Kier alpha value is -1.95. The second kappa shape index (κ2) is 9.12. The van der Waals surface area contributed by atoms with Gasteiger partial charge in [0, 0.05) is 37.6 Å². The number of nitrogens with zero attached hydrogens (tertiary/aromatic N) is 2. The second-order valence-electron chi connectivity index (χ2n) is 6.90. The minimum atomic E-state index is -0.512. The maximum absolute atomic E-state index is 13.4. The minimum Gasteiger partial charge on any atom is -0.389 e. The molecule has 5 heteroatoms. The van der Waals surface area contributed by atoms with Crippen LogP contribution in [0, 0.1) is 5.82 Å². The maximum atomic E-state index is 13.4. The topological polar surface area (TPSA) is 37.6 Å². The van der Waals surface area contributed by atoms with Crippen LogP contribution in [0.5, 0.6) is 0 Å². The predicted octanol–water partition coefficient (Wildman–Crippen LogP) is 3.20. The summed E-state index contributed by atoms with van der Waals surface area (Å²) in [4.78, 5) is 2.32. The molecule has 0 amide bonds. The van der Waals surface area contributed by atoms with E-state index >= 15 is 0 Å². The molecule has 1 heterocycles. The summed E-state index contributed by atoms with van der Waals surface area (Å²) in [6.07, 6.45) is 5.54. The van der Waals surface area contributed by atoms with Gasteiger partial charge in [-0.1, -0.05) is 18.2 Å². The van der Waals surface area contributed by atoms with Gasteiger partial charge in [-0.05, 0) is 42.7 Å². The Kier molecular flexibility index (Phi) is 6.61. The predicted molar refractivity (Wildman–Crippen MR) is 100 cm³/mol. The van der Waals surface area contributed by atoms with E-state index < -0.39 is 6.10 Å². The number of hydrogen-bond acceptors (Lipinski definition) is 3. The molecule has 0 radical (unpaired) electrons. The summed E-state index contributed by atoms with van der Waals surface area (Å²) in [7, 11) is 0. The van der Waals surface area contributed by atoms with E-state index in [0.717, 1.165) is 12.1 Å². The molecule has 1 aliphatic rings. The van der Waals surface area contributed by atoms with Crippen LogP contribution in [0.1, 0.15) is 24.1 Å². The highest BCUT2D eigenvalue weighted by Crippen LogP contribution is 2.28. The summed E-state index contributed by atoms with van der Waals surface area (Å²) in [6, 6.07) is 11.4. The van der Waals surface area contributed by atoms with Gasteiger partial charge in [-0.3, -0.25) is 4.90 Å². The molecule has 26 heavy (non-hydrogen) atoms. The zero-order valence-electron chi connectivity index (χ0n) is 15.1. The van der Waals surface area contributed by atoms with Crippen LogP contribution in [0.25, 0.3) is 0 Å². The standard InChI is InChI=1S/C21H27FN2O2/c1-2-11-26-16-21(25)15-24(19-8-9-19)14-20-7-4-10-23(20)13-17-5-3-6-18(22)12-17/h2-7,10,12,19,21,25H,1,8-9,11,13-16H2/t21-/m1/s1. The highest BCUT2D eigenvalue weighted by atomic mass is 19.1. The van der Waals surface area contributed by atoms with E-state index in [-0.39, 0.29) is 5.82 Å². The van der Waals surface area contributed by atoms with Crippen molar-refractivity contribution in [3.05, 3.63) is 72.3 Å². The summed E-state index contributed by atoms with van der Waals surface area (Å²) in [5.74, 6) is -0.210. The van der Waals surface area contributed by atoms with E-state index in [1.807, 2.05) is 18.3 Å². The van der Waals surface area contributed by atoms with E-state index in [2.05, 4.69) is 22.1 Å². The number of aliphatic hydroxyl groups excluding tert-OH is 1. The van der Waals surface area contributed by atoms with E-state index in [1.54, 1.807) is 18.2 Å². The molecule has 4 nitrogen and oxygen atoms in total. The lowest BCUT2D eigenvalue weighted by molar-refractivity contribution is 0.0223. The Bertz CT molecular complexity index is 712. The average Bonchev–Trinajstić information content (AvgIpc) is 3.37. The molecule has 140 valence electrons. The molecule has 2 aromatic rings. The van der Waals surface area contributed by atoms with E-state index in [4.69, 9.17) is 4.74 Å². The number of aromatic nitrogens is 1. The van der Waals surface area contributed by atoms with Crippen LogP contribution in [0.3, 0.4) is 0 Å². The first-order valence-corrected chi connectivity index (χ1v) is 9.15. The summed E-state index contributed by atoms with van der Waals surface area (Å²) in [5.41, 5.74) is 2.11. The molecule has 0 spiro atoms. The fourth-order valence-corrected chi connectivity index (χ4v) is 3.18. The van der Waals surface area contributed by atoms with Gasteiger partial charge >= 0.3 is 0 Å². The number of rotatable bonds is 11. The smallest absolute Gasteiger partial charge is 0.123 e. The van der Waals surface area contributed by atoms with Crippen LogP contribution in [-0.4, -0.2) is 46.5 Å². The number of halogens is 1. The molecule has 0 unspecified atom stereocenters. The van der Waals surface area contributed by atoms with E-state index in [0.29, 0.717) is 32.3 Å². The number of aliphatic hydroxyl groups is 1. The second-order valence-corrected chi connectivity index (χ2v) is 6.90. The molecule has 3 rings (SSSR count). The molecule has 1 N–H and O–H groups in total. The van der Waals surface area contributed by atoms with Crippen molar-refractivity contribution in [2.75, 3.05) is 19.8 Å². The Balaban J connectivity index is 1.61. The first-order valence-electron chi connectivity index (χ1n) is 9.15. The van der Waals surface area contributed by atoms with E-state index in [9.17, 15) is 9.50 Å². The van der Waals surface area contributed by atoms with Gasteiger partial charge in [-0.25, -0.2) is 4.39 Å². The van der Waals surface area contributed by atoms with Crippen molar-refractivity contribution in [2.45, 2.75) is 38.1 Å². The van der Waals surface area contributed by atoms with Crippen LogP contribution in [0.2, 0.25) is 0 Å². The third kappa shape index (κ3) is 5.53. The van der Waals surface area contributed by atoms with Crippen LogP contribution in [-0.2, 0) is 17.8 Å². The molecule has 0 aliphatic heterocycles. The third-order valence-corrected chi connectivity index (χ3v) is 4.59. The van der Waals surface area contributed by atoms with Gasteiger partial charge in [0.05, 0.1) is 19.3 Å². The molecule has 1 aromatic heterocycles. The molecule has 1 atom stereocenters. The lowest BCUT2D eigenvalue weighted by Gasteiger charge is -2.25. The van der Waals surface area contributed by atoms with Gasteiger partial charge in [-0.2, -0.15) is 0 Å². The maximum Gasteiger partial charge on any atom is 0.123 e. The van der Waals surface area contributed by atoms with Gasteiger partial charge in [-0.15, -0.1) is 6.58 Å². The van der Waals surface area contributed by atoms with Gasteiger partial charge in [0.1, 0.15) is 5.82 Å². The van der Waals surface area contributed by atoms with Gasteiger partial charge in [0.25, 0.3) is 0 Å². The molecule has 1 fully saturated rings. The summed E-state index contributed by atoms with van der Waals surface area (Å²) in [6.45, 7) is 6.39. The van der Waals surface area contributed by atoms with Crippen LogP contribution in [0.4, 0.5) is 4.39 Å². The molecular formula is C21H27FN2O2. The van der Waals surface area contributed by atoms with Crippen molar-refractivity contribution in [2.24, 2.45) is 0 Å². The minimum absolute atomic E-state index is 0.210. The van der Waals surface area contributed by atoms with Gasteiger partial charge in [0.15, 0.2) is 0 Å². The molecule has 0 bridgehead atoms. The summed E-state index contributed by atoms with van der Waals surface area (Å²) < 4.78 is 20.9. The largest absolute Gasteiger partial charge is 0.389 e. The van der Waals surface area contributed by atoms with Crippen molar-refractivity contribution in [3.8, 4) is 0 Å². The molecule has 1 saturated carbocycles. The van der Waals surface area contributed by atoms with Crippen molar-refractivity contribution < 1.29 is 14.2 Å². The van der Waals surface area contributed by atoms with E-state index in [1.165, 1.54) is 24.6 Å². The van der Waals surface area contributed by atoms with Crippen molar-refractivity contribution >= 4 is 0 Å². The van der Waals surface area contributed by atoms with Gasteiger partial charge in [0.2, 0.25) is 0 Å². The SMILES string of the molecule is C=CCOC[C@H](O)CN(Cc1cccn1Cc1cccc(F)c1)C1CC1. The Morgan fingerprint density at radius 2 is 2.19 bits per heavy atom. The zero-order chi connectivity index (χ0) is 18.4. The number of ether oxygens (including phenoxy) is 1. The van der Waals surface area contributed by atoms with Crippen LogP contribution in [0.15, 0.2) is 55.3 Å². The summed E-state index contributed by atoms with van der Waals surface area (Å²) in [5, 5.41) is 10.2. The van der Waals surface area contributed by atoms with Crippen LogP contribution < -0.4 is 0 Å². The number of hydrogen-bond donors (Lipinski definition) is 1. The highest BCUT2D eigenvalue weighted by molar-refractivity contribution is 5.19. The monoisotopic (exact) mass is 358 g/mol. The Morgan fingerprint density at radius 1 is 1.35 bits per heavy atom. The van der Waals surface area contributed by atoms with Crippen molar-refractivity contribution in [1.82, 2.24) is 9.47 Å². The normalized spacial score (nSPS) is 15.3. The molecule has 1 aromatic carbocycles. The van der Waals surface area contributed by atoms with Crippen molar-refractivity contribution in [3.63, 3.8) is 0 Å². The Labute approximate surface area is 154 Å². The third-order valence-electron chi connectivity index (χ3n) is 4.59. The lowest BCUT2D eigenvalue weighted by atomic mass is 10.2. The van der Waals surface area contributed by atoms with Gasteiger partial charge < -0.3 is 14.4 Å².